The zero-order chi connectivity index (χ0) is 13.0. The van der Waals surface area contributed by atoms with Crippen LogP contribution in [0.1, 0.15) is 5.69 Å². The lowest BCUT2D eigenvalue weighted by Crippen LogP contribution is -2.18. The zero-order valence-electron chi connectivity index (χ0n) is 9.38. The van der Waals surface area contributed by atoms with Gasteiger partial charge < -0.3 is 11.1 Å². The second-order valence-electron chi connectivity index (χ2n) is 3.61. The van der Waals surface area contributed by atoms with Crippen molar-refractivity contribution >= 4 is 17.4 Å². The average Bonchev–Trinajstić information content (AvgIpc) is 2.35. The highest BCUT2D eigenvalue weighted by Crippen LogP contribution is 2.03. The van der Waals surface area contributed by atoms with E-state index in [0.29, 0.717) is 11.4 Å². The smallest absolute Gasteiger partial charge is 0.264 e. The molecule has 0 saturated heterocycles. The van der Waals surface area contributed by atoms with Gasteiger partial charge in [0.25, 0.3) is 5.56 Å². The minimum Gasteiger partial charge on any atom is -0.397 e. The molecule has 18 heavy (non-hydrogen) atoms. The van der Waals surface area contributed by atoms with E-state index in [4.69, 9.17) is 5.73 Å². The van der Waals surface area contributed by atoms with Crippen LogP contribution in [0.2, 0.25) is 0 Å². The lowest BCUT2D eigenvalue weighted by atomic mass is 10.2. The van der Waals surface area contributed by atoms with Gasteiger partial charge in [-0.25, -0.2) is 5.10 Å². The van der Waals surface area contributed by atoms with Gasteiger partial charge in [0.05, 0.1) is 18.3 Å². The third kappa shape index (κ3) is 3.14. The molecule has 2 aromatic heterocycles. The summed E-state index contributed by atoms with van der Waals surface area (Å²) >= 11 is 0. The third-order valence-corrected chi connectivity index (χ3v) is 2.14. The van der Waals surface area contributed by atoms with Gasteiger partial charge in [-0.2, -0.15) is 5.10 Å². The van der Waals surface area contributed by atoms with Crippen molar-refractivity contribution in [3.63, 3.8) is 0 Å². The van der Waals surface area contributed by atoms with Crippen LogP contribution in [0.5, 0.6) is 0 Å². The van der Waals surface area contributed by atoms with Crippen LogP contribution < -0.4 is 16.6 Å². The van der Waals surface area contributed by atoms with Crippen molar-refractivity contribution in [2.24, 2.45) is 0 Å². The lowest BCUT2D eigenvalue weighted by molar-refractivity contribution is -0.115. The first-order chi connectivity index (χ1) is 8.63. The first kappa shape index (κ1) is 11.8. The maximum Gasteiger partial charge on any atom is 0.264 e. The van der Waals surface area contributed by atoms with E-state index >= 15 is 0 Å². The number of aromatic nitrogens is 3. The summed E-state index contributed by atoms with van der Waals surface area (Å²) < 4.78 is 0. The van der Waals surface area contributed by atoms with E-state index in [1.807, 2.05) is 0 Å². The van der Waals surface area contributed by atoms with Gasteiger partial charge in [-0.1, -0.05) is 0 Å². The number of hydrogen-bond donors (Lipinski definition) is 3. The molecule has 7 nitrogen and oxygen atoms in total. The third-order valence-electron chi connectivity index (χ3n) is 2.14. The van der Waals surface area contributed by atoms with E-state index < -0.39 is 0 Å². The minimum atomic E-state index is -0.326. The summed E-state index contributed by atoms with van der Waals surface area (Å²) in [6.07, 6.45) is 1.60. The van der Waals surface area contributed by atoms with Gasteiger partial charge >= 0.3 is 0 Å². The summed E-state index contributed by atoms with van der Waals surface area (Å²) in [4.78, 5) is 26.4. The van der Waals surface area contributed by atoms with E-state index in [0.717, 1.165) is 0 Å². The Bertz CT molecular complexity index is 585. The van der Waals surface area contributed by atoms with Crippen LogP contribution in [0.15, 0.2) is 35.3 Å². The average molecular weight is 245 g/mol. The molecule has 4 N–H and O–H groups in total. The molecule has 0 spiro atoms. The second-order valence-corrected chi connectivity index (χ2v) is 3.61. The van der Waals surface area contributed by atoms with Gasteiger partial charge in [0, 0.05) is 11.8 Å². The van der Waals surface area contributed by atoms with Crippen molar-refractivity contribution in [3.8, 4) is 0 Å². The van der Waals surface area contributed by atoms with Crippen molar-refractivity contribution in [1.29, 1.82) is 0 Å². The standard InChI is InChI=1S/C11H11N5O2/c12-7-1-2-8(13-6-7)5-11(18)14-9-3-4-10(17)16-15-9/h1-4,6H,5,12H2,(H,16,17)(H,14,15,18). The molecule has 0 aliphatic carbocycles. The molecule has 0 unspecified atom stereocenters. The zero-order valence-corrected chi connectivity index (χ0v) is 9.38. The Balaban J connectivity index is 1.98. The number of nitrogens with two attached hydrogens (primary N) is 1. The molecule has 2 aromatic rings. The second kappa shape index (κ2) is 5.09. The number of pyridine rings is 1. The Kier molecular flexibility index (Phi) is 3.33. The summed E-state index contributed by atoms with van der Waals surface area (Å²) in [5.74, 6) is 0.0156. The van der Waals surface area contributed by atoms with Crippen molar-refractivity contribution in [3.05, 3.63) is 46.5 Å². The van der Waals surface area contributed by atoms with Gasteiger partial charge in [-0.3, -0.25) is 14.6 Å². The summed E-state index contributed by atoms with van der Waals surface area (Å²) in [5, 5.41) is 8.43. The number of nitrogen functional groups attached to an aromatic ring is 1. The number of amides is 1. The molecule has 2 rings (SSSR count). The van der Waals surface area contributed by atoms with Crippen LogP contribution in [-0.2, 0) is 11.2 Å². The first-order valence-corrected chi connectivity index (χ1v) is 5.19. The number of rotatable bonds is 3. The summed E-state index contributed by atoms with van der Waals surface area (Å²) in [6, 6.07) is 6.06. The normalized spacial score (nSPS) is 10.0. The Labute approximate surface area is 102 Å². The number of aromatic amines is 1. The van der Waals surface area contributed by atoms with E-state index in [9.17, 15) is 9.59 Å². The van der Waals surface area contributed by atoms with Gasteiger partial charge in [0.15, 0.2) is 5.82 Å². The Morgan fingerprint density at radius 3 is 2.78 bits per heavy atom. The van der Waals surface area contributed by atoms with Gasteiger partial charge in [0.1, 0.15) is 0 Å². The fraction of sp³-hybridized carbons (Fsp3) is 0.0909. The number of hydrogen-bond acceptors (Lipinski definition) is 5. The topological polar surface area (TPSA) is 114 Å². The fourth-order valence-corrected chi connectivity index (χ4v) is 1.31. The molecular weight excluding hydrogens is 234 g/mol. The molecule has 1 amide bonds. The summed E-state index contributed by atoms with van der Waals surface area (Å²) in [7, 11) is 0. The highest BCUT2D eigenvalue weighted by Gasteiger charge is 2.05. The predicted molar refractivity (Wildman–Crippen MR) is 65.8 cm³/mol. The predicted octanol–water partition coefficient (Wildman–Crippen LogP) is -0.0717. The molecule has 0 aliphatic rings. The van der Waals surface area contributed by atoms with E-state index in [1.54, 1.807) is 12.1 Å². The molecule has 2 heterocycles. The Morgan fingerprint density at radius 2 is 2.17 bits per heavy atom. The van der Waals surface area contributed by atoms with Gasteiger partial charge in [0.2, 0.25) is 5.91 Å². The number of nitrogens with one attached hydrogen (secondary N) is 2. The molecule has 7 heteroatoms. The van der Waals surface area contributed by atoms with Crippen molar-refractivity contribution < 1.29 is 4.79 Å². The molecule has 0 saturated carbocycles. The van der Waals surface area contributed by atoms with Gasteiger partial charge in [-0.05, 0) is 18.2 Å². The number of carbonyl (C=O) groups is 1. The first-order valence-electron chi connectivity index (χ1n) is 5.19. The molecular formula is C11H11N5O2. The number of anilines is 2. The number of carbonyl (C=O) groups excluding carboxylic acids is 1. The monoisotopic (exact) mass is 245 g/mol. The van der Waals surface area contributed by atoms with Crippen LogP contribution in [0.25, 0.3) is 0 Å². The van der Waals surface area contributed by atoms with Crippen LogP contribution in [0, 0.1) is 0 Å². The Hall–Kier alpha value is -2.70. The number of nitrogens with zero attached hydrogens (tertiary/aromatic N) is 2. The highest BCUT2D eigenvalue weighted by molar-refractivity contribution is 5.91. The van der Waals surface area contributed by atoms with Crippen molar-refractivity contribution in [2.75, 3.05) is 11.1 Å². The van der Waals surface area contributed by atoms with Crippen molar-refractivity contribution in [1.82, 2.24) is 15.2 Å². The van der Waals surface area contributed by atoms with E-state index in [-0.39, 0.29) is 23.7 Å². The maximum atomic E-state index is 11.6. The summed E-state index contributed by atoms with van der Waals surface area (Å²) in [6.45, 7) is 0. The molecule has 0 bridgehead atoms. The highest BCUT2D eigenvalue weighted by atomic mass is 16.1. The Morgan fingerprint density at radius 1 is 1.33 bits per heavy atom. The lowest BCUT2D eigenvalue weighted by Gasteiger charge is -2.03. The largest absolute Gasteiger partial charge is 0.397 e. The fourth-order valence-electron chi connectivity index (χ4n) is 1.31. The summed E-state index contributed by atoms with van der Waals surface area (Å²) in [5.41, 5.74) is 6.31. The molecule has 0 aromatic carbocycles. The van der Waals surface area contributed by atoms with Crippen LogP contribution in [0.4, 0.5) is 11.5 Å². The van der Waals surface area contributed by atoms with E-state index in [1.165, 1.54) is 18.3 Å². The quantitative estimate of drug-likeness (QED) is 0.700. The van der Waals surface area contributed by atoms with Crippen LogP contribution >= 0.6 is 0 Å². The molecule has 0 aliphatic heterocycles. The van der Waals surface area contributed by atoms with Gasteiger partial charge in [-0.15, -0.1) is 0 Å². The molecule has 0 fully saturated rings. The maximum absolute atomic E-state index is 11.6. The van der Waals surface area contributed by atoms with Crippen molar-refractivity contribution in [2.45, 2.75) is 6.42 Å². The minimum absolute atomic E-state index is 0.112. The SMILES string of the molecule is Nc1ccc(CC(=O)Nc2ccc(=O)[nH]n2)nc1. The molecule has 92 valence electrons. The molecule has 0 radical (unpaired) electrons. The van der Waals surface area contributed by atoms with Crippen LogP contribution in [0.3, 0.4) is 0 Å². The van der Waals surface area contributed by atoms with Crippen LogP contribution in [-0.4, -0.2) is 21.1 Å². The molecule has 0 atom stereocenters. The number of H-pyrrole nitrogens is 1. The van der Waals surface area contributed by atoms with E-state index in [2.05, 4.69) is 20.5 Å².